The zero-order valence-corrected chi connectivity index (χ0v) is 7.34. The molecule has 3 nitrogen and oxygen atoms in total. The second-order valence-corrected chi connectivity index (χ2v) is 3.70. The molecule has 1 aromatic rings. The molecule has 12 heavy (non-hydrogen) atoms. The quantitative estimate of drug-likeness (QED) is 0.722. The predicted molar refractivity (Wildman–Crippen MR) is 43.8 cm³/mol. The molecule has 0 fully saturated rings. The molecule has 0 amide bonds. The molecule has 0 radical (unpaired) electrons. The maximum Gasteiger partial charge on any atom is 0.296 e. The van der Waals surface area contributed by atoms with Crippen molar-refractivity contribution >= 4 is 21.7 Å². The van der Waals surface area contributed by atoms with Crippen LogP contribution < -0.4 is 0 Å². The number of rotatable bonds is 1. The summed E-state index contributed by atoms with van der Waals surface area (Å²) in [6, 6.07) is 5.69. The average molecular weight is 213 g/mol. The lowest BCUT2D eigenvalue weighted by Gasteiger charge is -1.97. The molecule has 0 heterocycles. The highest BCUT2D eigenvalue weighted by atomic mass is 35.5. The molecule has 68 valence electrons. The Morgan fingerprint density at radius 2 is 1.75 bits per heavy atom. The first-order valence-corrected chi connectivity index (χ1v) is 4.55. The van der Waals surface area contributed by atoms with Gasteiger partial charge in [-0.15, -0.1) is 0 Å². The van der Waals surface area contributed by atoms with Gasteiger partial charge in [0.25, 0.3) is 10.1 Å². The number of halogens is 2. The van der Waals surface area contributed by atoms with Gasteiger partial charge in [0.15, 0.2) is 0 Å². The minimum atomic E-state index is -4.17. The molecule has 0 saturated carbocycles. The fourth-order valence-electron chi connectivity index (χ4n) is 0.654. The van der Waals surface area contributed by atoms with Gasteiger partial charge in [0.1, 0.15) is 4.90 Å². The molecular weight excluding hydrogens is 207 g/mol. The van der Waals surface area contributed by atoms with E-state index in [4.69, 9.17) is 16.2 Å². The van der Waals surface area contributed by atoms with E-state index in [1.54, 1.807) is 6.07 Å². The van der Waals surface area contributed by atoms with Crippen LogP contribution in [0.1, 0.15) is 0 Å². The molecule has 0 aromatic heterocycles. The highest BCUT2D eigenvalue weighted by Crippen LogP contribution is 2.19. The summed E-state index contributed by atoms with van der Waals surface area (Å²) in [5.41, 5.74) is 0. The van der Waals surface area contributed by atoms with E-state index in [1.807, 2.05) is 0 Å². The Morgan fingerprint density at radius 3 is 2.08 bits per heavy atom. The van der Waals surface area contributed by atoms with Gasteiger partial charge >= 0.3 is 0 Å². The Kier molecular flexibility index (Phi) is 3.63. The van der Waals surface area contributed by atoms with Crippen molar-refractivity contribution < 1.29 is 17.7 Å². The maximum atomic E-state index is 10.5. The van der Waals surface area contributed by atoms with E-state index in [0.29, 0.717) is 0 Å². The highest BCUT2D eigenvalue weighted by molar-refractivity contribution is 7.86. The van der Waals surface area contributed by atoms with Crippen LogP contribution in [0.25, 0.3) is 0 Å². The second-order valence-electron chi connectivity index (χ2n) is 1.91. The van der Waals surface area contributed by atoms with Crippen molar-refractivity contribution in [3.8, 4) is 0 Å². The molecule has 1 aromatic carbocycles. The van der Waals surface area contributed by atoms with E-state index in [9.17, 15) is 8.42 Å². The summed E-state index contributed by atoms with van der Waals surface area (Å²) in [4.78, 5) is -0.262. The standard InChI is InChI=1S/C6H5ClO3S.FH/c7-5-3-1-2-4-6(5)11(8,9)10;/h1-4H,(H,8,9,10);1H. The van der Waals surface area contributed by atoms with Crippen LogP contribution in [0.4, 0.5) is 4.70 Å². The highest BCUT2D eigenvalue weighted by Gasteiger charge is 2.12. The largest absolute Gasteiger partial charge is 0.296 e. The fourth-order valence-corrected chi connectivity index (χ4v) is 1.65. The Hall–Kier alpha value is -0.650. The number of hydrogen-bond acceptors (Lipinski definition) is 2. The van der Waals surface area contributed by atoms with Crippen LogP contribution in [-0.4, -0.2) is 13.0 Å². The smallest absolute Gasteiger partial charge is 0.282 e. The molecule has 0 unspecified atom stereocenters. The molecule has 0 saturated heterocycles. The van der Waals surface area contributed by atoms with E-state index >= 15 is 0 Å². The molecule has 6 heteroatoms. The summed E-state index contributed by atoms with van der Waals surface area (Å²) in [5, 5.41) is 0.0231. The van der Waals surface area contributed by atoms with Gasteiger partial charge in [-0.05, 0) is 12.1 Å². The summed E-state index contributed by atoms with van der Waals surface area (Å²) >= 11 is 5.47. The zero-order chi connectivity index (χ0) is 8.48. The lowest BCUT2D eigenvalue weighted by molar-refractivity contribution is 0.483. The topological polar surface area (TPSA) is 54.4 Å². The van der Waals surface area contributed by atoms with Crippen molar-refractivity contribution in [1.82, 2.24) is 0 Å². The maximum absolute atomic E-state index is 10.5. The Balaban J connectivity index is 0.00000121. The van der Waals surface area contributed by atoms with Gasteiger partial charge in [0, 0.05) is 0 Å². The van der Waals surface area contributed by atoms with E-state index in [0.717, 1.165) is 0 Å². The zero-order valence-electron chi connectivity index (χ0n) is 5.77. The van der Waals surface area contributed by atoms with E-state index in [2.05, 4.69) is 0 Å². The average Bonchev–Trinajstić information content (AvgIpc) is 1.86. The van der Waals surface area contributed by atoms with Crippen LogP contribution in [0.5, 0.6) is 0 Å². The van der Waals surface area contributed by atoms with Crippen molar-refractivity contribution in [2.24, 2.45) is 0 Å². The summed E-state index contributed by atoms with van der Waals surface area (Å²) < 4.78 is 29.6. The normalized spacial score (nSPS) is 10.5. The van der Waals surface area contributed by atoms with E-state index < -0.39 is 10.1 Å². The Morgan fingerprint density at radius 1 is 1.25 bits per heavy atom. The van der Waals surface area contributed by atoms with Gasteiger partial charge in [-0.3, -0.25) is 9.26 Å². The van der Waals surface area contributed by atoms with Gasteiger partial charge in [-0.1, -0.05) is 23.7 Å². The minimum Gasteiger partial charge on any atom is -0.282 e. The fraction of sp³-hybridized carbons (Fsp3) is 0. The minimum absolute atomic E-state index is 0. The molecule has 0 bridgehead atoms. The van der Waals surface area contributed by atoms with Crippen molar-refractivity contribution in [2.45, 2.75) is 4.90 Å². The third-order valence-electron chi connectivity index (χ3n) is 1.11. The van der Waals surface area contributed by atoms with Gasteiger partial charge in [0.05, 0.1) is 5.02 Å². The first-order chi connectivity index (χ1) is 5.02. The lowest BCUT2D eigenvalue weighted by Crippen LogP contribution is -1.97. The van der Waals surface area contributed by atoms with Crippen LogP contribution in [0.2, 0.25) is 5.02 Å². The molecule has 1 rings (SSSR count). The lowest BCUT2D eigenvalue weighted by atomic mass is 10.4. The van der Waals surface area contributed by atoms with Gasteiger partial charge in [0.2, 0.25) is 0 Å². The van der Waals surface area contributed by atoms with Crippen LogP contribution in [0.15, 0.2) is 29.2 Å². The second kappa shape index (κ2) is 3.84. The number of hydrogen-bond donors (Lipinski definition) is 1. The van der Waals surface area contributed by atoms with Crippen molar-refractivity contribution in [1.29, 1.82) is 0 Å². The molecule has 0 atom stereocenters. The van der Waals surface area contributed by atoms with Crippen molar-refractivity contribution in [3.63, 3.8) is 0 Å². The first-order valence-electron chi connectivity index (χ1n) is 2.74. The van der Waals surface area contributed by atoms with E-state index in [1.165, 1.54) is 18.2 Å². The molecule has 1 N–H and O–H groups in total. The van der Waals surface area contributed by atoms with Crippen LogP contribution >= 0.6 is 11.6 Å². The Bertz CT molecular complexity index is 363. The molecule has 0 aliphatic carbocycles. The molecule has 0 aliphatic rings. The van der Waals surface area contributed by atoms with Gasteiger partial charge in [-0.25, -0.2) is 0 Å². The molecule has 0 aliphatic heterocycles. The number of benzene rings is 1. The summed E-state index contributed by atoms with van der Waals surface area (Å²) in [7, 11) is -4.17. The predicted octanol–water partition coefficient (Wildman–Crippen LogP) is 1.74. The van der Waals surface area contributed by atoms with E-state index in [-0.39, 0.29) is 14.6 Å². The monoisotopic (exact) mass is 212 g/mol. The summed E-state index contributed by atoms with van der Waals surface area (Å²) in [6.45, 7) is 0. The SMILES string of the molecule is F.O=S(=O)(O)c1ccccc1Cl. The van der Waals surface area contributed by atoms with Gasteiger partial charge < -0.3 is 0 Å². The third-order valence-corrected chi connectivity index (χ3v) is 2.47. The van der Waals surface area contributed by atoms with Crippen LogP contribution in [0, 0.1) is 0 Å². The van der Waals surface area contributed by atoms with Crippen molar-refractivity contribution in [2.75, 3.05) is 0 Å². The summed E-state index contributed by atoms with van der Waals surface area (Å²) in [5.74, 6) is 0. The summed E-state index contributed by atoms with van der Waals surface area (Å²) in [6.07, 6.45) is 0. The molecular formula is C6H6ClFO3S. The first kappa shape index (κ1) is 11.4. The van der Waals surface area contributed by atoms with Crippen LogP contribution in [-0.2, 0) is 10.1 Å². The van der Waals surface area contributed by atoms with Crippen molar-refractivity contribution in [3.05, 3.63) is 29.3 Å². The van der Waals surface area contributed by atoms with Gasteiger partial charge in [-0.2, -0.15) is 8.42 Å². The Labute approximate surface area is 74.1 Å². The third kappa shape index (κ3) is 2.44. The molecule has 0 spiro atoms. The van der Waals surface area contributed by atoms with Crippen LogP contribution in [0.3, 0.4) is 0 Å².